The summed E-state index contributed by atoms with van der Waals surface area (Å²) < 4.78 is 0. The number of carbonyl (C=O) groups excluding carboxylic acids is 3. The number of rotatable bonds is 7. The zero-order chi connectivity index (χ0) is 20.5. The molecule has 0 bridgehead atoms. The van der Waals surface area contributed by atoms with Gasteiger partial charge in [0.1, 0.15) is 0 Å². The summed E-state index contributed by atoms with van der Waals surface area (Å²) in [6.07, 6.45) is 5.76. The van der Waals surface area contributed by atoms with Gasteiger partial charge in [-0.3, -0.25) is 0 Å². The van der Waals surface area contributed by atoms with Crippen LogP contribution >= 0.6 is 0 Å². The van der Waals surface area contributed by atoms with Crippen molar-refractivity contribution < 1.29 is 14.4 Å². The number of nitrogens with zero attached hydrogens (tertiary/aromatic N) is 3. The maximum absolute atomic E-state index is 10.9. The van der Waals surface area contributed by atoms with Crippen molar-refractivity contribution in [1.82, 2.24) is 0 Å². The first-order chi connectivity index (χ1) is 14.2. The number of aliphatic imine (C=N–C) groups is 3. The predicted molar refractivity (Wildman–Crippen MR) is 108 cm³/mol. The highest BCUT2D eigenvalue weighted by molar-refractivity contribution is 5.60. The topological polar surface area (TPSA) is 88.3 Å². The fraction of sp³-hybridized carbons (Fsp3) is 0.0870. The van der Waals surface area contributed by atoms with Crippen LogP contribution in [0.1, 0.15) is 22.3 Å². The number of hydrogen-bond donors (Lipinski definition) is 0. The lowest BCUT2D eigenvalue weighted by Crippen LogP contribution is -1.93. The van der Waals surface area contributed by atoms with E-state index in [4.69, 9.17) is 0 Å². The van der Waals surface area contributed by atoms with Crippen molar-refractivity contribution in [2.75, 3.05) is 0 Å². The molecule has 0 fully saturated rings. The molecule has 0 aliphatic carbocycles. The van der Waals surface area contributed by atoms with Gasteiger partial charge in [0.15, 0.2) is 0 Å². The van der Waals surface area contributed by atoms with Gasteiger partial charge < -0.3 is 0 Å². The summed E-state index contributed by atoms with van der Waals surface area (Å²) in [5.74, 6) is 0. The fourth-order valence-electron chi connectivity index (χ4n) is 3.02. The maximum Gasteiger partial charge on any atom is 0.240 e. The Morgan fingerprint density at radius 3 is 1.93 bits per heavy atom. The van der Waals surface area contributed by atoms with Gasteiger partial charge in [0.25, 0.3) is 0 Å². The second-order valence-corrected chi connectivity index (χ2v) is 6.22. The van der Waals surface area contributed by atoms with Crippen LogP contribution in [0.5, 0.6) is 0 Å². The first-order valence-electron chi connectivity index (χ1n) is 8.75. The van der Waals surface area contributed by atoms with Gasteiger partial charge in [0, 0.05) is 6.42 Å². The smallest absolute Gasteiger partial charge is 0.211 e. The first kappa shape index (κ1) is 19.6. The van der Waals surface area contributed by atoms with Crippen LogP contribution in [0.3, 0.4) is 0 Å². The van der Waals surface area contributed by atoms with Crippen LogP contribution in [0, 0.1) is 0 Å². The Morgan fingerprint density at radius 1 is 0.586 bits per heavy atom. The number of isocyanates is 3. The van der Waals surface area contributed by atoms with Gasteiger partial charge in [-0.1, -0.05) is 42.5 Å². The molecule has 0 saturated carbocycles. The van der Waals surface area contributed by atoms with E-state index < -0.39 is 0 Å². The number of benzene rings is 3. The van der Waals surface area contributed by atoms with E-state index in [-0.39, 0.29) is 0 Å². The average molecular weight is 381 g/mol. The lowest BCUT2D eigenvalue weighted by atomic mass is 9.98. The monoisotopic (exact) mass is 381 g/mol. The molecule has 0 unspecified atom stereocenters. The molecule has 6 nitrogen and oxygen atoms in total. The van der Waals surface area contributed by atoms with Crippen LogP contribution in [0.4, 0.5) is 17.1 Å². The summed E-state index contributed by atoms with van der Waals surface area (Å²) in [5, 5.41) is 0. The highest BCUT2D eigenvalue weighted by Gasteiger charge is 2.09. The standard InChI is InChI=1S/C23H15N3O3/c27-14-24-21-9-6-17(7-10-21)11-18-5-8-20(23(12-18)26-16-29)13-19-3-1-2-4-22(19)25-15-28/h1-10,12H,11,13H2. The molecular formula is C23H15N3O3. The highest BCUT2D eigenvalue weighted by atomic mass is 16.1. The quantitative estimate of drug-likeness (QED) is 0.436. The molecule has 0 N–H and O–H groups in total. The van der Waals surface area contributed by atoms with Gasteiger partial charge in [0.2, 0.25) is 18.2 Å². The van der Waals surface area contributed by atoms with Crippen molar-refractivity contribution >= 4 is 35.3 Å². The minimum Gasteiger partial charge on any atom is -0.211 e. The molecule has 6 heteroatoms. The highest BCUT2D eigenvalue weighted by Crippen LogP contribution is 2.28. The molecule has 3 aromatic carbocycles. The third-order valence-corrected chi connectivity index (χ3v) is 4.37. The summed E-state index contributed by atoms with van der Waals surface area (Å²) in [5.41, 5.74) is 5.23. The second-order valence-electron chi connectivity index (χ2n) is 6.22. The molecule has 0 heterocycles. The van der Waals surface area contributed by atoms with Gasteiger partial charge >= 0.3 is 0 Å². The van der Waals surface area contributed by atoms with E-state index in [1.165, 1.54) is 6.08 Å². The molecule has 0 aliphatic heterocycles. The van der Waals surface area contributed by atoms with E-state index in [9.17, 15) is 14.4 Å². The predicted octanol–water partition coefficient (Wildman–Crippen LogP) is 4.77. The molecule has 0 atom stereocenters. The molecule has 3 aromatic rings. The summed E-state index contributed by atoms with van der Waals surface area (Å²) in [6, 6.07) is 20.2. The van der Waals surface area contributed by atoms with Gasteiger partial charge in [-0.15, -0.1) is 0 Å². The minimum absolute atomic E-state index is 0.459. The van der Waals surface area contributed by atoms with E-state index in [0.717, 1.165) is 22.3 Å². The lowest BCUT2D eigenvalue weighted by molar-refractivity contribution is 0.564. The Kier molecular flexibility index (Phi) is 6.51. The van der Waals surface area contributed by atoms with Crippen molar-refractivity contribution in [3.63, 3.8) is 0 Å². The molecule has 3 rings (SSSR count). The Bertz CT molecular complexity index is 1170. The Hall–Kier alpha value is -4.20. The molecule has 0 spiro atoms. The van der Waals surface area contributed by atoms with Crippen LogP contribution in [-0.2, 0) is 27.2 Å². The summed E-state index contributed by atoms with van der Waals surface area (Å²) in [4.78, 5) is 43.0. The molecule has 0 saturated heterocycles. The maximum atomic E-state index is 10.9. The van der Waals surface area contributed by atoms with Crippen LogP contribution in [-0.4, -0.2) is 18.2 Å². The van der Waals surface area contributed by atoms with Crippen molar-refractivity contribution in [1.29, 1.82) is 0 Å². The zero-order valence-corrected chi connectivity index (χ0v) is 15.3. The van der Waals surface area contributed by atoms with Crippen molar-refractivity contribution in [2.45, 2.75) is 12.8 Å². The average Bonchev–Trinajstić information content (AvgIpc) is 2.73. The number of hydrogen-bond acceptors (Lipinski definition) is 6. The van der Waals surface area contributed by atoms with Crippen LogP contribution in [0.15, 0.2) is 81.7 Å². The van der Waals surface area contributed by atoms with E-state index >= 15 is 0 Å². The molecule has 0 aromatic heterocycles. The number of para-hydroxylation sites is 1. The molecule has 0 aliphatic rings. The van der Waals surface area contributed by atoms with Crippen molar-refractivity contribution in [2.24, 2.45) is 15.0 Å². The normalized spacial score (nSPS) is 9.66. The van der Waals surface area contributed by atoms with E-state index in [0.29, 0.717) is 29.9 Å². The van der Waals surface area contributed by atoms with E-state index in [1.54, 1.807) is 36.4 Å². The third-order valence-electron chi connectivity index (χ3n) is 4.37. The fourth-order valence-corrected chi connectivity index (χ4v) is 3.02. The summed E-state index contributed by atoms with van der Waals surface area (Å²) in [7, 11) is 0. The van der Waals surface area contributed by atoms with Crippen LogP contribution < -0.4 is 0 Å². The zero-order valence-electron chi connectivity index (χ0n) is 15.3. The summed E-state index contributed by atoms with van der Waals surface area (Å²) in [6.45, 7) is 0. The third kappa shape index (κ3) is 5.16. The van der Waals surface area contributed by atoms with Gasteiger partial charge in [-0.05, 0) is 52.9 Å². The second kappa shape index (κ2) is 9.65. The molecular weight excluding hydrogens is 366 g/mol. The largest absolute Gasteiger partial charge is 0.240 e. The Balaban J connectivity index is 1.88. The van der Waals surface area contributed by atoms with Gasteiger partial charge in [0.05, 0.1) is 17.1 Å². The molecule has 0 amide bonds. The summed E-state index contributed by atoms with van der Waals surface area (Å²) >= 11 is 0. The van der Waals surface area contributed by atoms with E-state index in [1.807, 2.05) is 42.5 Å². The van der Waals surface area contributed by atoms with Gasteiger partial charge in [-0.2, -0.15) is 15.0 Å². The lowest BCUT2D eigenvalue weighted by Gasteiger charge is -2.10. The Labute approximate surface area is 167 Å². The Morgan fingerprint density at radius 2 is 1.21 bits per heavy atom. The minimum atomic E-state index is 0.459. The SMILES string of the molecule is O=C=Nc1ccc(Cc2ccc(Cc3ccccc3N=C=O)c(N=C=O)c2)cc1. The van der Waals surface area contributed by atoms with Crippen LogP contribution in [0.25, 0.3) is 0 Å². The van der Waals surface area contributed by atoms with Crippen molar-refractivity contribution in [3.8, 4) is 0 Å². The van der Waals surface area contributed by atoms with Gasteiger partial charge in [-0.25, -0.2) is 14.4 Å². The van der Waals surface area contributed by atoms with Crippen molar-refractivity contribution in [3.05, 3.63) is 89.0 Å². The van der Waals surface area contributed by atoms with Crippen LogP contribution in [0.2, 0.25) is 0 Å². The molecule has 140 valence electrons. The van der Waals surface area contributed by atoms with E-state index in [2.05, 4.69) is 15.0 Å². The molecule has 0 radical (unpaired) electrons. The first-order valence-corrected chi connectivity index (χ1v) is 8.75. The molecule has 29 heavy (non-hydrogen) atoms.